The van der Waals surface area contributed by atoms with Crippen molar-refractivity contribution in [2.24, 2.45) is 0 Å². The molecule has 0 aliphatic carbocycles. The molecule has 3 aromatic carbocycles. The Morgan fingerprint density at radius 1 is 0.667 bits per heavy atom. The molecule has 0 aliphatic heterocycles. The van der Waals surface area contributed by atoms with E-state index < -0.39 is 0 Å². The summed E-state index contributed by atoms with van der Waals surface area (Å²) in [4.78, 5) is 9.08. The first-order chi connectivity index (χ1) is 14.7. The second-order valence-electron chi connectivity index (χ2n) is 6.12. The summed E-state index contributed by atoms with van der Waals surface area (Å²) in [6, 6.07) is 30.3. The summed E-state index contributed by atoms with van der Waals surface area (Å²) in [5.41, 5.74) is 5.10. The van der Waals surface area contributed by atoms with Crippen LogP contribution < -0.4 is 0 Å². The molecule has 1 heterocycles. The summed E-state index contributed by atoms with van der Waals surface area (Å²) in [7, 11) is 0. The highest BCUT2D eigenvalue weighted by atomic mass is 35.5. The lowest BCUT2D eigenvalue weighted by Gasteiger charge is -2.08. The zero-order chi connectivity index (χ0) is 21.8. The van der Waals surface area contributed by atoms with E-state index in [9.17, 15) is 0 Å². The minimum Gasteiger partial charge on any atom is -0.228 e. The summed E-state index contributed by atoms with van der Waals surface area (Å²) >= 11 is 6.26. The van der Waals surface area contributed by atoms with E-state index in [4.69, 9.17) is 16.6 Å². The molecule has 0 atom stereocenters. The number of allylic oxidation sites excluding steroid dienone is 1. The smallest absolute Gasteiger partial charge is 0.161 e. The van der Waals surface area contributed by atoms with Gasteiger partial charge in [0.25, 0.3) is 0 Å². The van der Waals surface area contributed by atoms with Crippen LogP contribution in [0.4, 0.5) is 0 Å². The average Bonchev–Trinajstić information content (AvgIpc) is 2.82. The second kappa shape index (κ2) is 12.4. The molecule has 0 radical (unpaired) electrons. The Labute approximate surface area is 184 Å². The van der Waals surface area contributed by atoms with Gasteiger partial charge in [0.05, 0.1) is 5.69 Å². The Bertz CT molecular complexity index is 1040. The number of benzene rings is 3. The molecule has 0 fully saturated rings. The highest BCUT2D eigenvalue weighted by Gasteiger charge is 2.08. The van der Waals surface area contributed by atoms with Crippen LogP contribution in [0.15, 0.2) is 104 Å². The third-order valence-electron chi connectivity index (χ3n) is 3.99. The fourth-order valence-corrected chi connectivity index (χ4v) is 2.95. The van der Waals surface area contributed by atoms with Gasteiger partial charge in [0.15, 0.2) is 5.82 Å². The summed E-state index contributed by atoms with van der Waals surface area (Å²) in [6.07, 6.45) is 1.75. The maximum atomic E-state index is 6.26. The maximum absolute atomic E-state index is 6.26. The lowest BCUT2D eigenvalue weighted by atomic mass is 10.0. The van der Waals surface area contributed by atoms with E-state index in [0.29, 0.717) is 11.0 Å². The van der Waals surface area contributed by atoms with Crippen molar-refractivity contribution in [3.8, 4) is 33.8 Å². The maximum Gasteiger partial charge on any atom is 0.161 e. The first kappa shape index (κ1) is 23.1. The van der Waals surface area contributed by atoms with Gasteiger partial charge in [-0.2, -0.15) is 0 Å². The molecule has 152 valence electrons. The van der Waals surface area contributed by atoms with Crippen LogP contribution in [0.5, 0.6) is 0 Å². The minimum absolute atomic E-state index is 0.439. The number of hydrogen-bond acceptors (Lipinski definition) is 2. The third kappa shape index (κ3) is 6.40. The lowest BCUT2D eigenvalue weighted by Crippen LogP contribution is -1.93. The van der Waals surface area contributed by atoms with E-state index in [2.05, 4.69) is 35.8 Å². The topological polar surface area (TPSA) is 25.8 Å². The Morgan fingerprint density at radius 3 is 1.77 bits per heavy atom. The van der Waals surface area contributed by atoms with E-state index in [1.54, 1.807) is 12.1 Å². The van der Waals surface area contributed by atoms with Crippen LogP contribution >= 0.6 is 11.6 Å². The van der Waals surface area contributed by atoms with Crippen molar-refractivity contribution in [2.45, 2.75) is 20.8 Å². The predicted molar refractivity (Wildman–Crippen MR) is 131 cm³/mol. The van der Waals surface area contributed by atoms with Gasteiger partial charge in [0.1, 0.15) is 5.15 Å². The number of halogens is 1. The highest BCUT2D eigenvalue weighted by molar-refractivity contribution is 6.29. The molecule has 30 heavy (non-hydrogen) atoms. The normalized spacial score (nSPS) is 9.47. The largest absolute Gasteiger partial charge is 0.228 e. The van der Waals surface area contributed by atoms with Crippen molar-refractivity contribution >= 4 is 11.6 Å². The van der Waals surface area contributed by atoms with Gasteiger partial charge < -0.3 is 0 Å². The predicted octanol–water partition coefficient (Wildman–Crippen LogP) is 8.35. The molecule has 1 aromatic heterocycles. The molecule has 0 N–H and O–H groups in total. The van der Waals surface area contributed by atoms with Crippen LogP contribution in [0.25, 0.3) is 33.8 Å². The van der Waals surface area contributed by atoms with Gasteiger partial charge in [-0.15, -0.1) is 6.58 Å². The molecule has 0 amide bonds. The Hall–Kier alpha value is -3.23. The molecule has 0 aliphatic rings. The molecule has 4 aromatic rings. The average molecular weight is 415 g/mol. The van der Waals surface area contributed by atoms with E-state index in [0.717, 1.165) is 22.4 Å². The van der Waals surface area contributed by atoms with Crippen LogP contribution in [-0.4, -0.2) is 9.97 Å². The zero-order valence-corrected chi connectivity index (χ0v) is 18.5. The van der Waals surface area contributed by atoms with Crippen molar-refractivity contribution in [1.29, 1.82) is 0 Å². The van der Waals surface area contributed by atoms with E-state index >= 15 is 0 Å². The van der Waals surface area contributed by atoms with Gasteiger partial charge in [-0.05, 0) is 24.1 Å². The van der Waals surface area contributed by atoms with Crippen LogP contribution in [0.1, 0.15) is 20.8 Å². The summed E-state index contributed by atoms with van der Waals surface area (Å²) in [6.45, 7) is 9.25. The Balaban J connectivity index is 0.000000590. The van der Waals surface area contributed by atoms with E-state index in [1.807, 2.05) is 81.4 Å². The van der Waals surface area contributed by atoms with Gasteiger partial charge in [-0.3, -0.25) is 0 Å². The lowest BCUT2D eigenvalue weighted by molar-refractivity contribution is 1.18. The molecule has 3 heteroatoms. The van der Waals surface area contributed by atoms with Crippen molar-refractivity contribution in [3.05, 3.63) is 109 Å². The van der Waals surface area contributed by atoms with Gasteiger partial charge >= 0.3 is 0 Å². The van der Waals surface area contributed by atoms with E-state index in [1.165, 1.54) is 5.56 Å². The third-order valence-corrected chi connectivity index (χ3v) is 4.19. The van der Waals surface area contributed by atoms with Crippen LogP contribution in [0, 0.1) is 0 Å². The summed E-state index contributed by atoms with van der Waals surface area (Å²) in [5, 5.41) is 0.439. The monoisotopic (exact) mass is 414 g/mol. The summed E-state index contributed by atoms with van der Waals surface area (Å²) < 4.78 is 0. The summed E-state index contributed by atoms with van der Waals surface area (Å²) in [5.74, 6) is 0.633. The van der Waals surface area contributed by atoms with Crippen molar-refractivity contribution < 1.29 is 0 Å². The van der Waals surface area contributed by atoms with Gasteiger partial charge in [0.2, 0.25) is 0 Å². The fourth-order valence-electron chi connectivity index (χ4n) is 2.77. The number of hydrogen-bond donors (Lipinski definition) is 0. The van der Waals surface area contributed by atoms with Gasteiger partial charge in [-0.25, -0.2) is 9.97 Å². The first-order valence-electron chi connectivity index (χ1n) is 10.0. The number of aromatic nitrogens is 2. The van der Waals surface area contributed by atoms with Crippen molar-refractivity contribution in [3.63, 3.8) is 0 Å². The van der Waals surface area contributed by atoms with Gasteiger partial charge in [-0.1, -0.05) is 110 Å². The van der Waals surface area contributed by atoms with Crippen LogP contribution in [0.3, 0.4) is 0 Å². The highest BCUT2D eigenvalue weighted by Crippen LogP contribution is 2.28. The number of rotatable bonds is 3. The van der Waals surface area contributed by atoms with Crippen LogP contribution in [0.2, 0.25) is 5.15 Å². The molecular weight excluding hydrogens is 388 g/mol. The SMILES string of the molecule is C=CC.CC.Clc1cc(-c2cccc(-c3ccccc3)c2)nc(-c2ccccc2)n1. The van der Waals surface area contributed by atoms with E-state index in [-0.39, 0.29) is 0 Å². The molecule has 0 saturated heterocycles. The Kier molecular flexibility index (Phi) is 9.50. The second-order valence-corrected chi connectivity index (χ2v) is 6.51. The fraction of sp³-hybridized carbons (Fsp3) is 0.111. The minimum atomic E-state index is 0.439. The standard InChI is InChI=1S/C22H15ClN2.C3H6.C2H6/c23-21-15-20(24-22(25-21)17-10-5-2-6-11-17)19-13-7-12-18(14-19)16-8-3-1-4-9-16;1-3-2;1-2/h1-15H;3H,1H2,2H3;1-2H3. The zero-order valence-electron chi connectivity index (χ0n) is 17.7. The first-order valence-corrected chi connectivity index (χ1v) is 10.4. The molecule has 0 spiro atoms. The molecular formula is C27H27ClN2. The molecule has 4 rings (SSSR count). The molecule has 0 bridgehead atoms. The molecule has 2 nitrogen and oxygen atoms in total. The quantitative estimate of drug-likeness (QED) is 0.248. The molecule has 0 unspecified atom stereocenters. The Morgan fingerprint density at radius 2 is 1.17 bits per heavy atom. The van der Waals surface area contributed by atoms with Gasteiger partial charge in [0, 0.05) is 17.2 Å². The van der Waals surface area contributed by atoms with Crippen LogP contribution in [-0.2, 0) is 0 Å². The van der Waals surface area contributed by atoms with Crippen molar-refractivity contribution in [1.82, 2.24) is 9.97 Å². The van der Waals surface area contributed by atoms with Crippen molar-refractivity contribution in [2.75, 3.05) is 0 Å². The number of nitrogens with zero attached hydrogens (tertiary/aromatic N) is 2. The molecule has 0 saturated carbocycles.